The first-order chi connectivity index (χ1) is 21.2. The van der Waals surface area contributed by atoms with Crippen LogP contribution in [0.3, 0.4) is 0 Å². The summed E-state index contributed by atoms with van der Waals surface area (Å²) in [5, 5.41) is 13.5. The van der Waals surface area contributed by atoms with E-state index in [0.29, 0.717) is 41.6 Å². The highest BCUT2D eigenvalue weighted by atomic mass is 32.1. The van der Waals surface area contributed by atoms with Crippen molar-refractivity contribution in [1.29, 1.82) is 5.26 Å². The zero-order valence-corrected chi connectivity index (χ0v) is 25.1. The van der Waals surface area contributed by atoms with E-state index in [-0.39, 0.29) is 18.0 Å². The maximum absolute atomic E-state index is 14.1. The Morgan fingerprint density at radius 2 is 1.86 bits per heavy atom. The summed E-state index contributed by atoms with van der Waals surface area (Å²) in [6, 6.07) is 21.5. The standard InChI is InChI=1S/C34H32F3N5OS/c1-2-42-21-30(33(39-42)34(35,36)37)27-12-7-6-11-26(27)29-20-41(22-31-28(29)17-25(18-38)44-31)32(43)13-8-15-40-16-14-24(19-40)23-9-4-3-5-10-23/h3-13,17,21,24,29H,2,14-16,19-20,22H2,1H3/b13-8+/t24?,29-/m0/s1. The van der Waals surface area contributed by atoms with Crippen molar-refractivity contribution in [2.75, 3.05) is 26.2 Å². The molecule has 4 heterocycles. The Hall–Kier alpha value is -4.20. The number of halogens is 3. The molecule has 1 unspecified atom stereocenters. The third-order valence-electron chi connectivity index (χ3n) is 8.52. The lowest BCUT2D eigenvalue weighted by Gasteiger charge is -2.33. The van der Waals surface area contributed by atoms with Crippen molar-refractivity contribution in [1.82, 2.24) is 19.6 Å². The van der Waals surface area contributed by atoms with E-state index in [4.69, 9.17) is 0 Å². The molecule has 2 aliphatic heterocycles. The van der Waals surface area contributed by atoms with Crippen LogP contribution >= 0.6 is 11.3 Å². The maximum atomic E-state index is 14.1. The van der Waals surface area contributed by atoms with Gasteiger partial charge in [0.2, 0.25) is 5.91 Å². The molecule has 1 saturated heterocycles. The van der Waals surface area contributed by atoms with E-state index in [1.165, 1.54) is 27.8 Å². The Morgan fingerprint density at radius 1 is 1.09 bits per heavy atom. The lowest BCUT2D eigenvalue weighted by atomic mass is 9.83. The minimum Gasteiger partial charge on any atom is -0.333 e. The Kier molecular flexibility index (Phi) is 8.43. The van der Waals surface area contributed by atoms with E-state index in [2.05, 4.69) is 40.3 Å². The Morgan fingerprint density at radius 3 is 2.61 bits per heavy atom. The largest absolute Gasteiger partial charge is 0.435 e. The van der Waals surface area contributed by atoms with Crippen LogP contribution in [-0.2, 0) is 24.1 Å². The smallest absolute Gasteiger partial charge is 0.333 e. The summed E-state index contributed by atoms with van der Waals surface area (Å²) in [4.78, 5) is 19.0. The molecule has 10 heteroatoms. The van der Waals surface area contributed by atoms with Crippen LogP contribution in [0, 0.1) is 11.3 Å². The molecule has 2 aliphatic rings. The molecule has 2 aromatic heterocycles. The first-order valence-corrected chi connectivity index (χ1v) is 15.6. The number of thiophene rings is 1. The second-order valence-electron chi connectivity index (χ2n) is 11.3. The lowest BCUT2D eigenvalue weighted by Crippen LogP contribution is -2.37. The van der Waals surface area contributed by atoms with Crippen LogP contribution in [-0.4, -0.2) is 51.7 Å². The average Bonchev–Trinajstić information content (AvgIpc) is 3.79. The normalized spacial score (nSPS) is 18.9. The molecule has 0 bridgehead atoms. The summed E-state index contributed by atoms with van der Waals surface area (Å²) >= 11 is 1.33. The summed E-state index contributed by atoms with van der Waals surface area (Å²) < 4.78 is 43.5. The van der Waals surface area contributed by atoms with Gasteiger partial charge >= 0.3 is 6.18 Å². The van der Waals surface area contributed by atoms with Gasteiger partial charge in [-0.05, 0) is 54.1 Å². The van der Waals surface area contributed by atoms with Crippen molar-refractivity contribution in [3.05, 3.63) is 111 Å². The Balaban J connectivity index is 1.25. The fourth-order valence-electron chi connectivity index (χ4n) is 6.35. The molecular formula is C34H32F3N5OS. The molecule has 1 amide bonds. The fraction of sp³-hybridized carbons (Fsp3) is 0.324. The van der Waals surface area contributed by atoms with Crippen molar-refractivity contribution in [3.63, 3.8) is 0 Å². The molecule has 0 N–H and O–H groups in total. The second-order valence-corrected chi connectivity index (χ2v) is 12.4. The third kappa shape index (κ3) is 6.07. The van der Waals surface area contributed by atoms with Gasteiger partial charge < -0.3 is 4.90 Å². The fourth-order valence-corrected chi connectivity index (χ4v) is 7.38. The first kappa shape index (κ1) is 29.9. The zero-order chi connectivity index (χ0) is 30.8. The summed E-state index contributed by atoms with van der Waals surface area (Å²) in [6.45, 7) is 5.25. The number of hydrogen-bond acceptors (Lipinski definition) is 5. The lowest BCUT2D eigenvalue weighted by molar-refractivity contribution is -0.141. The number of aryl methyl sites for hydroxylation is 1. The molecule has 1 fully saturated rings. The molecule has 0 aliphatic carbocycles. The average molecular weight is 616 g/mol. The number of fused-ring (bicyclic) bond motifs is 1. The highest BCUT2D eigenvalue weighted by Gasteiger charge is 2.39. The van der Waals surface area contributed by atoms with E-state index in [0.717, 1.165) is 30.0 Å². The highest BCUT2D eigenvalue weighted by molar-refractivity contribution is 7.12. The number of benzene rings is 2. The first-order valence-electron chi connectivity index (χ1n) is 14.7. The van der Waals surface area contributed by atoms with Crippen LogP contribution < -0.4 is 0 Å². The van der Waals surface area contributed by atoms with Gasteiger partial charge in [-0.25, -0.2) is 0 Å². The van der Waals surface area contributed by atoms with Gasteiger partial charge in [0.15, 0.2) is 5.69 Å². The van der Waals surface area contributed by atoms with Crippen molar-refractivity contribution < 1.29 is 18.0 Å². The summed E-state index contributed by atoms with van der Waals surface area (Å²) in [6.07, 6.45) is 1.40. The highest BCUT2D eigenvalue weighted by Crippen LogP contribution is 2.44. The minimum atomic E-state index is -4.62. The van der Waals surface area contributed by atoms with Gasteiger partial charge in [-0.15, -0.1) is 11.3 Å². The van der Waals surface area contributed by atoms with Crippen molar-refractivity contribution in [3.8, 4) is 17.2 Å². The monoisotopic (exact) mass is 615 g/mol. The van der Waals surface area contributed by atoms with Gasteiger partial charge in [0.1, 0.15) is 10.9 Å². The van der Waals surface area contributed by atoms with E-state index in [1.807, 2.05) is 24.3 Å². The number of carbonyl (C=O) groups is 1. The van der Waals surface area contributed by atoms with Crippen LogP contribution in [0.4, 0.5) is 13.2 Å². The molecular weight excluding hydrogens is 583 g/mol. The van der Waals surface area contributed by atoms with Crippen LogP contribution in [0.15, 0.2) is 79.0 Å². The summed E-state index contributed by atoms with van der Waals surface area (Å²) in [7, 11) is 0. The van der Waals surface area contributed by atoms with E-state index in [9.17, 15) is 23.2 Å². The number of carbonyl (C=O) groups excluding carboxylic acids is 1. The number of amides is 1. The Labute approximate surface area is 258 Å². The van der Waals surface area contributed by atoms with Gasteiger partial charge in [-0.3, -0.25) is 14.4 Å². The molecule has 6 nitrogen and oxygen atoms in total. The molecule has 226 valence electrons. The van der Waals surface area contributed by atoms with Gasteiger partial charge in [-0.1, -0.05) is 60.7 Å². The molecule has 0 spiro atoms. The molecule has 0 radical (unpaired) electrons. The van der Waals surface area contributed by atoms with Gasteiger partial charge in [0.05, 0.1) is 6.54 Å². The number of aromatic nitrogens is 2. The van der Waals surface area contributed by atoms with Crippen LogP contribution in [0.1, 0.15) is 57.3 Å². The van der Waals surface area contributed by atoms with Gasteiger partial charge in [0.25, 0.3) is 0 Å². The second kappa shape index (κ2) is 12.4. The summed E-state index contributed by atoms with van der Waals surface area (Å²) in [5.74, 6) is -0.0716. The number of alkyl halides is 3. The van der Waals surface area contributed by atoms with E-state index >= 15 is 0 Å². The van der Waals surface area contributed by atoms with Gasteiger partial charge in [-0.2, -0.15) is 23.5 Å². The molecule has 2 atom stereocenters. The number of likely N-dealkylation sites (tertiary alicyclic amines) is 1. The molecule has 6 rings (SSSR count). The quantitative estimate of drug-likeness (QED) is 0.209. The third-order valence-corrected chi connectivity index (χ3v) is 9.56. The minimum absolute atomic E-state index is 0.00926. The molecule has 0 saturated carbocycles. The van der Waals surface area contributed by atoms with Crippen molar-refractivity contribution >= 4 is 17.2 Å². The predicted octanol–water partition coefficient (Wildman–Crippen LogP) is 7.04. The zero-order valence-electron chi connectivity index (χ0n) is 24.3. The number of nitrogens with zero attached hydrogens (tertiary/aromatic N) is 5. The van der Waals surface area contributed by atoms with Crippen LogP contribution in [0.25, 0.3) is 11.1 Å². The van der Waals surface area contributed by atoms with Crippen molar-refractivity contribution in [2.24, 2.45) is 0 Å². The maximum Gasteiger partial charge on any atom is 0.435 e. The summed E-state index contributed by atoms with van der Waals surface area (Å²) in [5.41, 5.74) is 2.39. The number of rotatable bonds is 7. The van der Waals surface area contributed by atoms with E-state index in [1.54, 1.807) is 36.1 Å². The molecule has 44 heavy (non-hydrogen) atoms. The van der Waals surface area contributed by atoms with Gasteiger partial charge in [0, 0.05) is 54.8 Å². The Bertz CT molecular complexity index is 1720. The van der Waals surface area contributed by atoms with Crippen molar-refractivity contribution in [2.45, 2.75) is 44.4 Å². The molecule has 4 aromatic rings. The molecule has 2 aromatic carbocycles. The van der Waals surface area contributed by atoms with Crippen LogP contribution in [0.5, 0.6) is 0 Å². The number of hydrogen-bond donors (Lipinski definition) is 0. The predicted molar refractivity (Wildman–Crippen MR) is 164 cm³/mol. The number of nitriles is 1. The topological polar surface area (TPSA) is 65.2 Å². The van der Waals surface area contributed by atoms with Crippen LogP contribution in [0.2, 0.25) is 0 Å². The van der Waals surface area contributed by atoms with E-state index < -0.39 is 17.8 Å². The SMILES string of the molecule is CCn1cc(-c2ccccc2[C@@H]2CN(C(=O)/C=C/CN3CCC(c4ccccc4)C3)Cc3sc(C#N)cc32)c(C(F)(F)F)n1.